The Morgan fingerprint density at radius 2 is 1.69 bits per heavy atom. The third-order valence-corrected chi connectivity index (χ3v) is 5.45. The molecule has 0 unspecified atom stereocenters. The van der Waals surface area contributed by atoms with Gasteiger partial charge in [-0.1, -0.05) is 59.9 Å². The third kappa shape index (κ3) is 4.55. The van der Waals surface area contributed by atoms with E-state index in [0.717, 1.165) is 21.5 Å². The molecule has 0 fully saturated rings. The van der Waals surface area contributed by atoms with Crippen molar-refractivity contribution in [2.24, 2.45) is 0 Å². The van der Waals surface area contributed by atoms with Crippen molar-refractivity contribution in [2.75, 3.05) is 18.6 Å². The average Bonchev–Trinajstić information content (AvgIpc) is 3.20. The largest absolute Gasteiger partial charge is 0.497 e. The van der Waals surface area contributed by atoms with Gasteiger partial charge in [0.05, 0.1) is 23.9 Å². The van der Waals surface area contributed by atoms with E-state index in [9.17, 15) is 4.79 Å². The van der Waals surface area contributed by atoms with Crippen LogP contribution >= 0.6 is 11.3 Å². The summed E-state index contributed by atoms with van der Waals surface area (Å²) in [6.07, 6.45) is 0. The number of thiazole rings is 1. The maximum Gasteiger partial charge on any atom is 0.267 e. The van der Waals surface area contributed by atoms with E-state index in [1.165, 1.54) is 11.3 Å². The normalized spacial score (nSPS) is 10.7. The predicted octanol–water partition coefficient (Wildman–Crippen LogP) is 4.92. The zero-order valence-corrected chi connectivity index (χ0v) is 16.8. The fraction of sp³-hybridized carbons (Fsp3) is 0.130. The van der Waals surface area contributed by atoms with Crippen molar-refractivity contribution in [3.63, 3.8) is 0 Å². The zero-order valence-electron chi connectivity index (χ0n) is 15.9. The Morgan fingerprint density at radius 3 is 2.41 bits per heavy atom. The number of anilines is 1. The van der Waals surface area contributed by atoms with Crippen molar-refractivity contribution < 1.29 is 14.3 Å². The molecule has 0 N–H and O–H groups in total. The number of fused-ring (bicyclic) bond motifs is 1. The first kappa shape index (κ1) is 19.0. The van der Waals surface area contributed by atoms with Crippen LogP contribution in [0.15, 0.2) is 78.9 Å². The molecule has 4 aromatic rings. The molecule has 0 saturated heterocycles. The predicted molar refractivity (Wildman–Crippen MR) is 116 cm³/mol. The first-order chi connectivity index (χ1) is 14.2. The average molecular weight is 404 g/mol. The highest BCUT2D eigenvalue weighted by atomic mass is 32.1. The summed E-state index contributed by atoms with van der Waals surface area (Å²) in [7, 11) is 1.63. The molecular weight excluding hydrogens is 384 g/mol. The van der Waals surface area contributed by atoms with Crippen LogP contribution in [0.4, 0.5) is 5.13 Å². The number of carbonyl (C=O) groups is 1. The van der Waals surface area contributed by atoms with Crippen LogP contribution < -0.4 is 14.4 Å². The maximum absolute atomic E-state index is 13.1. The lowest BCUT2D eigenvalue weighted by Gasteiger charge is -2.20. The van der Waals surface area contributed by atoms with Crippen LogP contribution in [0.25, 0.3) is 10.2 Å². The Hall–Kier alpha value is -3.38. The molecule has 1 heterocycles. The van der Waals surface area contributed by atoms with E-state index >= 15 is 0 Å². The van der Waals surface area contributed by atoms with Gasteiger partial charge in [-0.05, 0) is 35.9 Å². The number of aromatic nitrogens is 1. The number of para-hydroxylation sites is 1. The molecule has 1 amide bonds. The van der Waals surface area contributed by atoms with Crippen molar-refractivity contribution in [3.8, 4) is 11.5 Å². The summed E-state index contributed by atoms with van der Waals surface area (Å²) in [4.78, 5) is 19.4. The molecule has 0 atom stereocenters. The Bertz CT molecular complexity index is 1100. The Labute approximate surface area is 173 Å². The van der Waals surface area contributed by atoms with Crippen LogP contribution in [-0.4, -0.2) is 24.6 Å². The first-order valence-corrected chi connectivity index (χ1v) is 10.0. The number of hydrogen-bond acceptors (Lipinski definition) is 5. The molecule has 1 aromatic heterocycles. The molecule has 6 heteroatoms. The van der Waals surface area contributed by atoms with E-state index in [0.29, 0.717) is 17.4 Å². The van der Waals surface area contributed by atoms with Gasteiger partial charge in [0.15, 0.2) is 11.7 Å². The van der Waals surface area contributed by atoms with E-state index in [1.807, 2.05) is 78.9 Å². The number of rotatable bonds is 7. The number of ether oxygens (including phenoxy) is 2. The molecule has 146 valence electrons. The molecule has 0 saturated carbocycles. The molecule has 3 aromatic carbocycles. The molecule has 0 aliphatic carbocycles. The van der Waals surface area contributed by atoms with Crippen LogP contribution in [0.2, 0.25) is 0 Å². The summed E-state index contributed by atoms with van der Waals surface area (Å²) in [5, 5.41) is 0.638. The summed E-state index contributed by atoms with van der Waals surface area (Å²) in [5.41, 5.74) is 1.86. The minimum absolute atomic E-state index is 0.0594. The van der Waals surface area contributed by atoms with Crippen LogP contribution in [-0.2, 0) is 11.3 Å². The van der Waals surface area contributed by atoms with E-state index in [-0.39, 0.29) is 12.5 Å². The minimum Gasteiger partial charge on any atom is -0.497 e. The van der Waals surface area contributed by atoms with Crippen molar-refractivity contribution in [1.29, 1.82) is 0 Å². The van der Waals surface area contributed by atoms with Gasteiger partial charge in [0.1, 0.15) is 11.5 Å². The first-order valence-electron chi connectivity index (χ1n) is 9.19. The van der Waals surface area contributed by atoms with Gasteiger partial charge < -0.3 is 9.47 Å². The molecular formula is C23H20N2O3S. The van der Waals surface area contributed by atoms with Crippen molar-refractivity contribution in [3.05, 3.63) is 84.4 Å². The second-order valence-electron chi connectivity index (χ2n) is 6.40. The summed E-state index contributed by atoms with van der Waals surface area (Å²) >= 11 is 1.46. The van der Waals surface area contributed by atoms with E-state index in [1.54, 1.807) is 12.0 Å². The maximum atomic E-state index is 13.1. The van der Waals surface area contributed by atoms with Crippen LogP contribution in [0.5, 0.6) is 11.5 Å². The second kappa shape index (κ2) is 8.75. The van der Waals surface area contributed by atoms with Crippen molar-refractivity contribution >= 4 is 32.6 Å². The fourth-order valence-corrected chi connectivity index (χ4v) is 3.91. The van der Waals surface area contributed by atoms with Gasteiger partial charge in [0.2, 0.25) is 0 Å². The second-order valence-corrected chi connectivity index (χ2v) is 7.41. The monoisotopic (exact) mass is 404 g/mol. The number of benzene rings is 3. The topological polar surface area (TPSA) is 51.7 Å². The number of carbonyl (C=O) groups excluding carboxylic acids is 1. The molecule has 4 rings (SSSR count). The smallest absolute Gasteiger partial charge is 0.267 e. The summed E-state index contributed by atoms with van der Waals surface area (Å²) in [6.45, 7) is 0.366. The SMILES string of the molecule is COc1ccc2nc(N(Cc3ccccc3)C(=O)COc3ccccc3)sc2c1. The standard InChI is InChI=1S/C23H20N2O3S/c1-27-19-12-13-20-21(14-19)29-23(24-20)25(15-17-8-4-2-5-9-17)22(26)16-28-18-10-6-3-7-11-18/h2-14H,15-16H2,1H3. The highest BCUT2D eigenvalue weighted by molar-refractivity contribution is 7.22. The number of methoxy groups -OCH3 is 1. The van der Waals surface area contributed by atoms with Gasteiger partial charge in [-0.15, -0.1) is 0 Å². The van der Waals surface area contributed by atoms with Crippen LogP contribution in [0.3, 0.4) is 0 Å². The van der Waals surface area contributed by atoms with Gasteiger partial charge in [-0.3, -0.25) is 9.69 Å². The summed E-state index contributed by atoms with van der Waals surface area (Å²) < 4.78 is 12.0. The van der Waals surface area contributed by atoms with E-state index in [4.69, 9.17) is 9.47 Å². The lowest BCUT2D eigenvalue weighted by molar-refractivity contribution is -0.120. The quantitative estimate of drug-likeness (QED) is 0.439. The highest BCUT2D eigenvalue weighted by Crippen LogP contribution is 2.32. The Morgan fingerprint density at radius 1 is 0.966 bits per heavy atom. The molecule has 0 aliphatic heterocycles. The Kier molecular flexibility index (Phi) is 5.72. The van der Waals surface area contributed by atoms with E-state index < -0.39 is 0 Å². The van der Waals surface area contributed by atoms with Gasteiger partial charge in [-0.2, -0.15) is 0 Å². The van der Waals surface area contributed by atoms with Gasteiger partial charge >= 0.3 is 0 Å². The molecule has 5 nitrogen and oxygen atoms in total. The molecule has 0 spiro atoms. The van der Waals surface area contributed by atoms with Crippen LogP contribution in [0.1, 0.15) is 5.56 Å². The number of hydrogen-bond donors (Lipinski definition) is 0. The minimum atomic E-state index is -0.149. The van der Waals surface area contributed by atoms with Crippen molar-refractivity contribution in [2.45, 2.75) is 6.54 Å². The summed E-state index contributed by atoms with van der Waals surface area (Å²) in [5.74, 6) is 1.28. The fourth-order valence-electron chi connectivity index (χ4n) is 2.90. The molecule has 0 radical (unpaired) electrons. The Balaban J connectivity index is 1.61. The summed E-state index contributed by atoms with van der Waals surface area (Å²) in [6, 6.07) is 24.9. The lowest BCUT2D eigenvalue weighted by Crippen LogP contribution is -2.34. The lowest BCUT2D eigenvalue weighted by atomic mass is 10.2. The highest BCUT2D eigenvalue weighted by Gasteiger charge is 2.21. The number of nitrogens with zero attached hydrogens (tertiary/aromatic N) is 2. The van der Waals surface area contributed by atoms with Crippen LogP contribution in [0, 0.1) is 0 Å². The van der Waals surface area contributed by atoms with Gasteiger partial charge in [0.25, 0.3) is 5.91 Å². The zero-order chi connectivity index (χ0) is 20.1. The van der Waals surface area contributed by atoms with Crippen molar-refractivity contribution in [1.82, 2.24) is 4.98 Å². The molecule has 29 heavy (non-hydrogen) atoms. The van der Waals surface area contributed by atoms with Gasteiger partial charge in [0, 0.05) is 0 Å². The molecule has 0 bridgehead atoms. The van der Waals surface area contributed by atoms with E-state index in [2.05, 4.69) is 4.98 Å². The number of amides is 1. The van der Waals surface area contributed by atoms with Gasteiger partial charge in [-0.25, -0.2) is 4.98 Å². The molecule has 0 aliphatic rings. The third-order valence-electron chi connectivity index (χ3n) is 4.41.